The number of hydrogen-bond donors (Lipinski definition) is 1. The van der Waals surface area contributed by atoms with Crippen LogP contribution >= 0.6 is 0 Å². The van der Waals surface area contributed by atoms with Gasteiger partial charge in [-0.3, -0.25) is 0 Å². The van der Waals surface area contributed by atoms with Crippen LogP contribution in [0.4, 0.5) is 4.79 Å². The van der Waals surface area contributed by atoms with Crippen LogP contribution in [0.5, 0.6) is 5.75 Å². The van der Waals surface area contributed by atoms with E-state index in [1.165, 1.54) is 24.0 Å². The van der Waals surface area contributed by atoms with Crippen LogP contribution in [0.15, 0.2) is 18.2 Å². The molecule has 1 aromatic carbocycles. The predicted octanol–water partition coefficient (Wildman–Crippen LogP) is 3.17. The first kappa shape index (κ1) is 15.2. The van der Waals surface area contributed by atoms with Crippen LogP contribution in [0.2, 0.25) is 0 Å². The fourth-order valence-corrected chi connectivity index (χ4v) is 4.00. The molecule has 1 heterocycles. The predicted molar refractivity (Wildman–Crippen MR) is 87.4 cm³/mol. The van der Waals surface area contributed by atoms with Crippen LogP contribution in [0.1, 0.15) is 43.2 Å². The summed E-state index contributed by atoms with van der Waals surface area (Å²) in [5.41, 5.74) is 2.97. The Morgan fingerprint density at radius 2 is 2.09 bits per heavy atom. The van der Waals surface area contributed by atoms with E-state index in [-0.39, 0.29) is 6.03 Å². The summed E-state index contributed by atoms with van der Waals surface area (Å²) < 4.78 is 5.39. The molecule has 3 rings (SSSR count). The number of benzene rings is 1. The average Bonchev–Trinajstić information content (AvgIpc) is 2.98. The van der Waals surface area contributed by atoms with Gasteiger partial charge in [-0.25, -0.2) is 4.79 Å². The van der Waals surface area contributed by atoms with E-state index < -0.39 is 0 Å². The molecule has 1 aliphatic heterocycles. The maximum atomic E-state index is 11.9. The number of likely N-dealkylation sites (tertiary alicyclic amines) is 1. The van der Waals surface area contributed by atoms with Crippen LogP contribution in [0.3, 0.4) is 0 Å². The van der Waals surface area contributed by atoms with Gasteiger partial charge in [0.25, 0.3) is 0 Å². The Morgan fingerprint density at radius 3 is 2.77 bits per heavy atom. The molecule has 22 heavy (non-hydrogen) atoms. The first-order chi connectivity index (χ1) is 10.7. The standard InChI is InChI=1S/C18H26N2O2/c1-3-19-18(21)20-10-8-14(9-11-20)16-7-5-13-4-6-15(22-2)12-17(13)16/h4,6,12,14,16H,3,5,7-11H2,1-2H3,(H,19,21). The van der Waals surface area contributed by atoms with Gasteiger partial charge in [0.1, 0.15) is 5.75 Å². The van der Waals surface area contributed by atoms with Gasteiger partial charge in [-0.1, -0.05) is 6.07 Å². The highest BCUT2D eigenvalue weighted by Crippen LogP contribution is 2.43. The first-order valence-electron chi connectivity index (χ1n) is 8.42. The fourth-order valence-electron chi connectivity index (χ4n) is 4.00. The minimum Gasteiger partial charge on any atom is -0.497 e. The van der Waals surface area contributed by atoms with E-state index in [9.17, 15) is 4.79 Å². The molecule has 1 unspecified atom stereocenters. The van der Waals surface area contributed by atoms with E-state index in [0.717, 1.165) is 31.7 Å². The van der Waals surface area contributed by atoms with Gasteiger partial charge in [-0.15, -0.1) is 0 Å². The van der Waals surface area contributed by atoms with Crippen molar-refractivity contribution in [3.05, 3.63) is 29.3 Å². The number of carbonyl (C=O) groups is 1. The fraction of sp³-hybridized carbons (Fsp3) is 0.611. The molecule has 0 aromatic heterocycles. The molecular formula is C18H26N2O2. The van der Waals surface area contributed by atoms with E-state index in [2.05, 4.69) is 23.5 Å². The van der Waals surface area contributed by atoms with Crippen LogP contribution in [0, 0.1) is 5.92 Å². The maximum absolute atomic E-state index is 11.9. The number of carbonyl (C=O) groups excluding carboxylic acids is 1. The molecule has 1 aromatic rings. The molecule has 0 radical (unpaired) electrons. The Labute approximate surface area is 132 Å². The van der Waals surface area contributed by atoms with Crippen LogP contribution < -0.4 is 10.1 Å². The third-order valence-corrected chi connectivity index (χ3v) is 5.20. The normalized spacial score (nSPS) is 21.5. The number of methoxy groups -OCH3 is 1. The zero-order chi connectivity index (χ0) is 15.5. The molecule has 1 saturated heterocycles. The quantitative estimate of drug-likeness (QED) is 0.932. The number of urea groups is 1. The molecule has 4 heteroatoms. The number of nitrogens with one attached hydrogen (secondary N) is 1. The van der Waals surface area contributed by atoms with E-state index >= 15 is 0 Å². The maximum Gasteiger partial charge on any atom is 0.317 e. The Hall–Kier alpha value is -1.71. The monoisotopic (exact) mass is 302 g/mol. The van der Waals surface area contributed by atoms with Crippen molar-refractivity contribution >= 4 is 6.03 Å². The molecule has 1 fully saturated rings. The summed E-state index contributed by atoms with van der Waals surface area (Å²) in [4.78, 5) is 13.9. The summed E-state index contributed by atoms with van der Waals surface area (Å²) in [5, 5.41) is 2.90. The van der Waals surface area contributed by atoms with Gasteiger partial charge in [-0.2, -0.15) is 0 Å². The first-order valence-corrected chi connectivity index (χ1v) is 8.42. The van der Waals surface area contributed by atoms with Crippen molar-refractivity contribution in [3.63, 3.8) is 0 Å². The highest BCUT2D eigenvalue weighted by atomic mass is 16.5. The summed E-state index contributed by atoms with van der Waals surface area (Å²) in [6.45, 7) is 4.43. The van der Waals surface area contributed by atoms with Crippen molar-refractivity contribution < 1.29 is 9.53 Å². The minimum absolute atomic E-state index is 0.0921. The SMILES string of the molecule is CCNC(=O)N1CCC(C2CCc3ccc(OC)cc32)CC1. The van der Waals surface area contributed by atoms with Gasteiger partial charge < -0.3 is 15.0 Å². The molecule has 1 atom stereocenters. The lowest BCUT2D eigenvalue weighted by atomic mass is 9.81. The molecule has 4 nitrogen and oxygen atoms in total. The minimum atomic E-state index is 0.0921. The summed E-state index contributed by atoms with van der Waals surface area (Å²) >= 11 is 0. The molecule has 1 N–H and O–H groups in total. The van der Waals surface area contributed by atoms with E-state index in [1.807, 2.05) is 11.8 Å². The largest absolute Gasteiger partial charge is 0.497 e. The Bertz CT molecular complexity index is 536. The molecule has 0 saturated carbocycles. The van der Waals surface area contributed by atoms with Gasteiger partial charge in [0.05, 0.1) is 7.11 Å². The Morgan fingerprint density at radius 1 is 1.32 bits per heavy atom. The second-order valence-corrected chi connectivity index (χ2v) is 6.37. The zero-order valence-corrected chi connectivity index (χ0v) is 13.6. The van der Waals surface area contributed by atoms with Crippen molar-refractivity contribution in [1.82, 2.24) is 10.2 Å². The van der Waals surface area contributed by atoms with Crippen molar-refractivity contribution in [2.24, 2.45) is 5.92 Å². The topological polar surface area (TPSA) is 41.6 Å². The number of nitrogens with zero attached hydrogens (tertiary/aromatic N) is 1. The summed E-state index contributed by atoms with van der Waals surface area (Å²) in [7, 11) is 1.73. The second kappa shape index (κ2) is 6.59. The molecule has 1 aliphatic carbocycles. The third kappa shape index (κ3) is 2.92. The van der Waals surface area contributed by atoms with E-state index in [1.54, 1.807) is 7.11 Å². The Kier molecular flexibility index (Phi) is 4.55. The summed E-state index contributed by atoms with van der Waals surface area (Å²) in [6, 6.07) is 6.61. The number of amides is 2. The van der Waals surface area contributed by atoms with E-state index in [0.29, 0.717) is 18.4 Å². The summed E-state index contributed by atoms with van der Waals surface area (Å²) in [6.07, 6.45) is 4.64. The molecule has 0 bridgehead atoms. The number of fused-ring (bicyclic) bond motifs is 1. The molecule has 120 valence electrons. The third-order valence-electron chi connectivity index (χ3n) is 5.20. The van der Waals surface area contributed by atoms with Crippen molar-refractivity contribution in [2.75, 3.05) is 26.7 Å². The lowest BCUT2D eigenvalue weighted by molar-refractivity contribution is 0.163. The number of hydrogen-bond acceptors (Lipinski definition) is 2. The molecule has 2 amide bonds. The van der Waals surface area contributed by atoms with Crippen LogP contribution in [0.25, 0.3) is 0 Å². The smallest absolute Gasteiger partial charge is 0.317 e. The van der Waals surface area contributed by atoms with E-state index in [4.69, 9.17) is 4.74 Å². The van der Waals surface area contributed by atoms with Crippen LogP contribution in [-0.4, -0.2) is 37.7 Å². The molecule has 2 aliphatic rings. The summed E-state index contributed by atoms with van der Waals surface area (Å²) in [5.74, 6) is 2.30. The zero-order valence-electron chi connectivity index (χ0n) is 13.6. The van der Waals surface area contributed by atoms with Gasteiger partial charge in [0.2, 0.25) is 0 Å². The number of rotatable bonds is 3. The van der Waals surface area contributed by atoms with Gasteiger partial charge in [0.15, 0.2) is 0 Å². The van der Waals surface area contributed by atoms with Gasteiger partial charge >= 0.3 is 6.03 Å². The lowest BCUT2D eigenvalue weighted by Gasteiger charge is -2.35. The average molecular weight is 302 g/mol. The molecular weight excluding hydrogens is 276 g/mol. The van der Waals surface area contributed by atoms with Crippen molar-refractivity contribution in [1.29, 1.82) is 0 Å². The number of ether oxygens (including phenoxy) is 1. The number of piperidine rings is 1. The highest BCUT2D eigenvalue weighted by Gasteiger charge is 2.33. The van der Waals surface area contributed by atoms with Gasteiger partial charge in [-0.05, 0) is 67.7 Å². The van der Waals surface area contributed by atoms with Crippen molar-refractivity contribution in [3.8, 4) is 5.75 Å². The van der Waals surface area contributed by atoms with Gasteiger partial charge in [0, 0.05) is 19.6 Å². The highest BCUT2D eigenvalue weighted by molar-refractivity contribution is 5.74. The number of aryl methyl sites for hydroxylation is 1. The second-order valence-electron chi connectivity index (χ2n) is 6.37. The van der Waals surface area contributed by atoms with Crippen molar-refractivity contribution in [2.45, 2.75) is 38.5 Å². The molecule has 0 spiro atoms. The van der Waals surface area contributed by atoms with Crippen LogP contribution in [-0.2, 0) is 6.42 Å². The lowest BCUT2D eigenvalue weighted by Crippen LogP contribution is -2.45. The Balaban J connectivity index is 1.65.